The maximum Gasteiger partial charge on any atom is 0.324 e. The second-order valence-electron chi connectivity index (χ2n) is 7.76. The number of Topliss-reactive ketones (excluding diaryl/α,β-unsaturated/α-hetero) is 1. The number of hydrogen-bond donors (Lipinski definition) is 2. The lowest BCUT2D eigenvalue weighted by atomic mass is 10.1. The molecule has 0 fully saturated rings. The van der Waals surface area contributed by atoms with E-state index in [0.717, 1.165) is 35.6 Å². The molecule has 10 nitrogen and oxygen atoms in total. The topological polar surface area (TPSA) is 136 Å². The Labute approximate surface area is 199 Å². The minimum Gasteiger partial charge on any atom is -0.466 e. The number of aromatic amines is 2. The van der Waals surface area contributed by atoms with Crippen molar-refractivity contribution in [2.45, 2.75) is 62.7 Å². The molecule has 0 aliphatic heterocycles. The monoisotopic (exact) mass is 482 g/mol. The predicted octanol–water partition coefficient (Wildman–Crippen LogP) is 3.86. The van der Waals surface area contributed by atoms with E-state index in [4.69, 9.17) is 9.72 Å². The van der Waals surface area contributed by atoms with Crippen LogP contribution in [0.15, 0.2) is 39.2 Å². The van der Waals surface area contributed by atoms with E-state index in [-0.39, 0.29) is 30.3 Å². The number of rotatable bonds is 11. The van der Waals surface area contributed by atoms with Gasteiger partial charge in [0.1, 0.15) is 16.2 Å². The van der Waals surface area contributed by atoms with Gasteiger partial charge < -0.3 is 14.3 Å². The summed E-state index contributed by atoms with van der Waals surface area (Å²) in [5, 5.41) is 10.3. The number of nitrogens with one attached hydrogen (secondary N) is 2. The standard InChI is InChI=1S/C23H26N6O4S/c1-3-13-29-15-10-6-5-9-14(15)18-20(29)25-23(28-27-18)34-21-19(24-22(32)26-21)16(30)11-7-8-12-17(31)33-4-2/h5-6,9-10H,3-4,7-8,11-13H2,1-2H3,(H2,24,26,32). The van der Waals surface area contributed by atoms with Gasteiger partial charge in [-0.15, -0.1) is 10.2 Å². The van der Waals surface area contributed by atoms with Crippen LogP contribution in [-0.4, -0.2) is 48.1 Å². The molecule has 0 aliphatic carbocycles. The molecule has 0 bridgehead atoms. The van der Waals surface area contributed by atoms with E-state index in [0.29, 0.717) is 40.8 Å². The van der Waals surface area contributed by atoms with Crippen molar-refractivity contribution in [2.75, 3.05) is 6.61 Å². The predicted molar refractivity (Wildman–Crippen MR) is 128 cm³/mol. The first-order valence-corrected chi connectivity index (χ1v) is 12.1. The summed E-state index contributed by atoms with van der Waals surface area (Å²) in [6.07, 6.45) is 2.44. The molecule has 4 rings (SSSR count). The number of benzene rings is 1. The lowest BCUT2D eigenvalue weighted by Crippen LogP contribution is -2.06. The Morgan fingerprint density at radius 1 is 1.09 bits per heavy atom. The highest BCUT2D eigenvalue weighted by Gasteiger charge is 2.20. The number of carbonyl (C=O) groups excluding carboxylic acids is 2. The van der Waals surface area contributed by atoms with Gasteiger partial charge in [-0.25, -0.2) is 9.78 Å². The zero-order valence-corrected chi connectivity index (χ0v) is 19.9. The first kappa shape index (κ1) is 23.7. The Kier molecular flexibility index (Phi) is 7.41. The summed E-state index contributed by atoms with van der Waals surface area (Å²) in [6.45, 7) is 4.97. The minimum atomic E-state index is -0.480. The SMILES string of the molecule is CCCn1c2ccccc2c2nnc(Sc3[nH]c(=O)[nH]c3C(=O)CCCCC(=O)OCC)nc21. The van der Waals surface area contributed by atoms with Crippen molar-refractivity contribution in [1.82, 2.24) is 29.7 Å². The van der Waals surface area contributed by atoms with Crippen molar-refractivity contribution in [1.29, 1.82) is 0 Å². The van der Waals surface area contributed by atoms with Crippen LogP contribution in [0.3, 0.4) is 0 Å². The molecule has 1 aromatic carbocycles. The first-order valence-electron chi connectivity index (χ1n) is 11.3. The van der Waals surface area contributed by atoms with E-state index in [9.17, 15) is 14.4 Å². The first-order chi connectivity index (χ1) is 16.5. The van der Waals surface area contributed by atoms with Gasteiger partial charge in [0.05, 0.1) is 12.1 Å². The largest absolute Gasteiger partial charge is 0.466 e. The normalized spacial score (nSPS) is 11.4. The van der Waals surface area contributed by atoms with E-state index in [2.05, 4.69) is 31.7 Å². The average molecular weight is 483 g/mol. The fourth-order valence-corrected chi connectivity index (χ4v) is 4.63. The Bertz CT molecular complexity index is 1390. The molecule has 0 radical (unpaired) electrons. The van der Waals surface area contributed by atoms with Gasteiger partial charge in [0.2, 0.25) is 5.16 Å². The Balaban J connectivity index is 1.54. The molecule has 178 valence electrons. The van der Waals surface area contributed by atoms with E-state index < -0.39 is 5.69 Å². The van der Waals surface area contributed by atoms with Crippen molar-refractivity contribution in [3.8, 4) is 0 Å². The molecule has 4 aromatic rings. The van der Waals surface area contributed by atoms with Crippen LogP contribution < -0.4 is 5.69 Å². The molecule has 2 N–H and O–H groups in total. The van der Waals surface area contributed by atoms with E-state index >= 15 is 0 Å². The molecule has 3 aromatic heterocycles. The number of hydrogen-bond acceptors (Lipinski definition) is 8. The van der Waals surface area contributed by atoms with E-state index in [1.807, 2.05) is 24.3 Å². The van der Waals surface area contributed by atoms with Gasteiger partial charge in [0.25, 0.3) is 0 Å². The van der Waals surface area contributed by atoms with E-state index in [1.54, 1.807) is 6.92 Å². The molecule has 3 heterocycles. The van der Waals surface area contributed by atoms with Gasteiger partial charge in [-0.05, 0) is 44.0 Å². The molecule has 11 heteroatoms. The summed E-state index contributed by atoms with van der Waals surface area (Å²) in [6, 6.07) is 7.96. The van der Waals surface area contributed by atoms with Crippen LogP contribution in [0.2, 0.25) is 0 Å². The summed E-state index contributed by atoms with van der Waals surface area (Å²) in [7, 11) is 0. The number of nitrogens with zero attached hydrogens (tertiary/aromatic N) is 4. The highest BCUT2D eigenvalue weighted by atomic mass is 32.2. The second kappa shape index (κ2) is 10.6. The quantitative estimate of drug-likeness (QED) is 0.187. The number of imidazole rings is 1. The molecule has 0 amide bonds. The zero-order valence-electron chi connectivity index (χ0n) is 19.1. The number of aryl methyl sites for hydroxylation is 1. The number of unbranched alkanes of at least 4 members (excludes halogenated alkanes) is 1. The average Bonchev–Trinajstić information content (AvgIpc) is 3.34. The molecule has 34 heavy (non-hydrogen) atoms. The maximum atomic E-state index is 12.7. The Morgan fingerprint density at radius 2 is 1.88 bits per heavy atom. The maximum absolute atomic E-state index is 12.7. The van der Waals surface area contributed by atoms with Crippen molar-refractivity contribution >= 4 is 45.6 Å². The van der Waals surface area contributed by atoms with E-state index in [1.165, 1.54) is 0 Å². The molecular formula is C23H26N6O4S. The van der Waals surface area contributed by atoms with Gasteiger partial charge >= 0.3 is 11.7 Å². The fraction of sp³-hybridized carbons (Fsp3) is 0.391. The van der Waals surface area contributed by atoms with Crippen LogP contribution in [-0.2, 0) is 16.1 Å². The number of para-hydroxylation sites is 1. The van der Waals surface area contributed by atoms with Crippen LogP contribution in [0.25, 0.3) is 22.1 Å². The smallest absolute Gasteiger partial charge is 0.324 e. The highest BCUT2D eigenvalue weighted by Crippen LogP contribution is 2.30. The number of fused-ring (bicyclic) bond motifs is 3. The number of H-pyrrole nitrogens is 2. The van der Waals surface area contributed by atoms with Crippen molar-refractivity contribution in [2.24, 2.45) is 0 Å². The summed E-state index contributed by atoms with van der Waals surface area (Å²) in [5.41, 5.74) is 2.17. The highest BCUT2D eigenvalue weighted by molar-refractivity contribution is 7.99. The van der Waals surface area contributed by atoms with Crippen molar-refractivity contribution in [3.63, 3.8) is 0 Å². The van der Waals surface area contributed by atoms with Crippen molar-refractivity contribution < 1.29 is 14.3 Å². The molecule has 0 spiro atoms. The van der Waals surface area contributed by atoms with Crippen LogP contribution in [0, 0.1) is 0 Å². The third kappa shape index (κ3) is 5.04. The molecule has 0 aliphatic rings. The van der Waals surface area contributed by atoms with Gasteiger partial charge in [-0.3, -0.25) is 14.6 Å². The molecule has 0 unspecified atom stereocenters. The second-order valence-corrected chi connectivity index (χ2v) is 8.73. The van der Waals surface area contributed by atoms with Crippen LogP contribution >= 0.6 is 11.8 Å². The van der Waals surface area contributed by atoms with Crippen LogP contribution in [0.5, 0.6) is 0 Å². The number of ether oxygens (including phenoxy) is 1. The minimum absolute atomic E-state index is 0.184. The van der Waals surface area contributed by atoms with Crippen molar-refractivity contribution in [3.05, 3.63) is 40.4 Å². The van der Waals surface area contributed by atoms with Gasteiger partial charge in [-0.2, -0.15) is 0 Å². The zero-order chi connectivity index (χ0) is 24.1. The lowest BCUT2D eigenvalue weighted by Gasteiger charge is -2.05. The number of ketones is 1. The van der Waals surface area contributed by atoms with Gasteiger partial charge in [-0.1, -0.05) is 25.1 Å². The summed E-state index contributed by atoms with van der Waals surface area (Å²) >= 11 is 1.09. The van der Waals surface area contributed by atoms with Crippen LogP contribution in [0.1, 0.15) is 56.4 Å². The molecule has 0 saturated heterocycles. The lowest BCUT2D eigenvalue weighted by molar-refractivity contribution is -0.143. The fourth-order valence-electron chi connectivity index (χ4n) is 3.83. The molecule has 0 atom stereocenters. The molecular weight excluding hydrogens is 456 g/mol. The summed E-state index contributed by atoms with van der Waals surface area (Å²) < 4.78 is 7.00. The Morgan fingerprint density at radius 3 is 2.68 bits per heavy atom. The number of esters is 1. The van der Waals surface area contributed by atoms with Gasteiger partial charge in [0.15, 0.2) is 11.4 Å². The number of carbonyl (C=O) groups is 2. The summed E-state index contributed by atoms with van der Waals surface area (Å²) in [4.78, 5) is 46.1. The number of aromatic nitrogens is 6. The third-order valence-corrected chi connectivity index (χ3v) is 6.17. The Hall–Kier alpha value is -3.47. The molecule has 0 saturated carbocycles. The van der Waals surface area contributed by atoms with Crippen LogP contribution in [0.4, 0.5) is 0 Å². The van der Waals surface area contributed by atoms with Gasteiger partial charge in [0, 0.05) is 24.8 Å². The summed E-state index contributed by atoms with van der Waals surface area (Å²) in [5.74, 6) is -0.499. The third-order valence-electron chi connectivity index (χ3n) is 5.31.